The summed E-state index contributed by atoms with van der Waals surface area (Å²) in [7, 11) is 0. The molecule has 1 aliphatic rings. The van der Waals surface area contributed by atoms with Crippen molar-refractivity contribution in [3.8, 4) is 0 Å². The molecule has 1 fully saturated rings. The lowest BCUT2D eigenvalue weighted by atomic mass is 9.95. The van der Waals surface area contributed by atoms with Crippen molar-refractivity contribution in [2.45, 2.75) is 32.7 Å². The second kappa shape index (κ2) is 8.34. The zero-order chi connectivity index (χ0) is 22.1. The first kappa shape index (κ1) is 20.8. The van der Waals surface area contributed by atoms with Crippen molar-refractivity contribution in [2.75, 3.05) is 16.3 Å². The van der Waals surface area contributed by atoms with E-state index in [0.717, 1.165) is 11.1 Å². The quantitative estimate of drug-likeness (QED) is 0.573. The normalized spacial score (nSPS) is 16.9. The highest BCUT2D eigenvalue weighted by Gasteiger charge is 2.42. The summed E-state index contributed by atoms with van der Waals surface area (Å²) in [6.45, 7) is 5.95. The Hall–Kier alpha value is -3.47. The molecular weight excluding hydrogens is 391 g/mol. The maximum absolute atomic E-state index is 14.5. The van der Waals surface area contributed by atoms with Gasteiger partial charge in [0.1, 0.15) is 18.4 Å². The van der Waals surface area contributed by atoms with Crippen LogP contribution in [0.2, 0.25) is 0 Å². The number of piperazine rings is 1. The van der Waals surface area contributed by atoms with Gasteiger partial charge < -0.3 is 0 Å². The Labute approximate surface area is 181 Å². The number of aryl methyl sites for hydroxylation is 1. The van der Waals surface area contributed by atoms with Crippen LogP contribution in [0, 0.1) is 12.7 Å². The van der Waals surface area contributed by atoms with E-state index in [1.54, 1.807) is 12.1 Å². The maximum atomic E-state index is 14.5. The van der Waals surface area contributed by atoms with Crippen LogP contribution in [-0.4, -0.2) is 18.4 Å². The van der Waals surface area contributed by atoms with E-state index >= 15 is 0 Å². The molecule has 3 aromatic carbocycles. The van der Waals surface area contributed by atoms with Crippen LogP contribution in [0.3, 0.4) is 0 Å². The SMILES string of the molecule is Cc1ccc(N2C(=O)CN(c3ccccc3F)C(=O)C2c2ccc(C(C)C)cc2)cc1. The molecule has 1 unspecified atom stereocenters. The second-order valence-electron chi connectivity index (χ2n) is 8.20. The van der Waals surface area contributed by atoms with Gasteiger partial charge in [0.2, 0.25) is 5.91 Å². The lowest BCUT2D eigenvalue weighted by Crippen LogP contribution is -2.56. The van der Waals surface area contributed by atoms with Gasteiger partial charge in [-0.1, -0.05) is 67.9 Å². The van der Waals surface area contributed by atoms with Crippen LogP contribution >= 0.6 is 0 Å². The van der Waals surface area contributed by atoms with E-state index in [2.05, 4.69) is 13.8 Å². The molecule has 3 aromatic rings. The molecule has 4 nitrogen and oxygen atoms in total. The Morgan fingerprint density at radius 1 is 0.903 bits per heavy atom. The maximum Gasteiger partial charge on any atom is 0.255 e. The molecule has 5 heteroatoms. The fraction of sp³-hybridized carbons (Fsp3) is 0.231. The third-order valence-electron chi connectivity index (χ3n) is 5.69. The van der Waals surface area contributed by atoms with Crippen molar-refractivity contribution in [3.05, 3.63) is 95.3 Å². The third kappa shape index (κ3) is 3.96. The molecule has 0 aliphatic carbocycles. The number of halogens is 1. The molecule has 1 heterocycles. The van der Waals surface area contributed by atoms with E-state index in [1.807, 2.05) is 55.5 Å². The topological polar surface area (TPSA) is 40.6 Å². The van der Waals surface area contributed by atoms with Gasteiger partial charge in [0.05, 0.1) is 5.69 Å². The number of carbonyl (C=O) groups is 2. The van der Waals surface area contributed by atoms with Gasteiger partial charge in [-0.15, -0.1) is 0 Å². The summed E-state index contributed by atoms with van der Waals surface area (Å²) in [6, 6.07) is 20.4. The van der Waals surface area contributed by atoms with Crippen molar-refractivity contribution in [2.24, 2.45) is 0 Å². The first-order valence-electron chi connectivity index (χ1n) is 10.4. The number of benzene rings is 3. The van der Waals surface area contributed by atoms with Crippen LogP contribution in [0.4, 0.5) is 15.8 Å². The third-order valence-corrected chi connectivity index (χ3v) is 5.69. The van der Waals surface area contributed by atoms with Gasteiger partial charge in [-0.3, -0.25) is 19.4 Å². The molecule has 31 heavy (non-hydrogen) atoms. The summed E-state index contributed by atoms with van der Waals surface area (Å²) < 4.78 is 14.5. The van der Waals surface area contributed by atoms with Gasteiger partial charge in [-0.05, 0) is 48.2 Å². The van der Waals surface area contributed by atoms with E-state index in [1.165, 1.54) is 21.9 Å². The van der Waals surface area contributed by atoms with Gasteiger partial charge >= 0.3 is 0 Å². The van der Waals surface area contributed by atoms with Crippen LogP contribution in [0.15, 0.2) is 72.8 Å². The first-order chi connectivity index (χ1) is 14.9. The molecule has 1 saturated heterocycles. The van der Waals surface area contributed by atoms with Crippen LogP contribution in [0.1, 0.15) is 42.5 Å². The molecule has 0 saturated carbocycles. The lowest BCUT2D eigenvalue weighted by molar-refractivity contribution is -0.128. The standard InChI is InChI=1S/C26H25FN2O2/c1-17(2)19-10-12-20(13-11-19)25-26(31)28(23-7-5-4-6-22(23)27)16-24(30)29(25)21-14-8-18(3)9-15-21/h4-15,17,25H,16H2,1-3H3. The van der Waals surface area contributed by atoms with Gasteiger partial charge in [-0.2, -0.15) is 0 Å². The zero-order valence-corrected chi connectivity index (χ0v) is 17.9. The molecule has 158 valence electrons. The molecule has 1 aliphatic heterocycles. The first-order valence-corrected chi connectivity index (χ1v) is 10.4. The number of nitrogens with zero attached hydrogens (tertiary/aromatic N) is 2. The number of amides is 2. The van der Waals surface area contributed by atoms with Crippen molar-refractivity contribution >= 4 is 23.2 Å². The smallest absolute Gasteiger partial charge is 0.255 e. The van der Waals surface area contributed by atoms with E-state index < -0.39 is 11.9 Å². The monoisotopic (exact) mass is 416 g/mol. The largest absolute Gasteiger partial charge is 0.298 e. The summed E-state index contributed by atoms with van der Waals surface area (Å²) in [5.41, 5.74) is 3.67. The number of hydrogen-bond donors (Lipinski definition) is 0. The highest BCUT2D eigenvalue weighted by Crippen LogP contribution is 2.35. The van der Waals surface area contributed by atoms with Gasteiger partial charge in [-0.25, -0.2) is 4.39 Å². The van der Waals surface area contributed by atoms with Crippen molar-refractivity contribution < 1.29 is 14.0 Å². The van der Waals surface area contributed by atoms with Crippen LogP contribution in [0.5, 0.6) is 0 Å². The van der Waals surface area contributed by atoms with Crippen molar-refractivity contribution in [1.29, 1.82) is 0 Å². The number of para-hydroxylation sites is 1. The summed E-state index contributed by atoms with van der Waals surface area (Å²) in [4.78, 5) is 29.7. The molecule has 0 spiro atoms. The molecule has 4 rings (SSSR count). The fourth-order valence-corrected chi connectivity index (χ4v) is 3.92. The molecule has 1 atom stereocenters. The Morgan fingerprint density at radius 2 is 1.55 bits per heavy atom. The average Bonchev–Trinajstić information content (AvgIpc) is 2.76. The lowest BCUT2D eigenvalue weighted by Gasteiger charge is -2.40. The summed E-state index contributed by atoms with van der Waals surface area (Å²) in [6.07, 6.45) is 0. The number of carbonyl (C=O) groups excluding carboxylic acids is 2. The Balaban J connectivity index is 1.81. The molecular formula is C26H25FN2O2. The van der Waals surface area contributed by atoms with Crippen molar-refractivity contribution in [1.82, 2.24) is 0 Å². The fourth-order valence-electron chi connectivity index (χ4n) is 3.92. The van der Waals surface area contributed by atoms with Crippen molar-refractivity contribution in [3.63, 3.8) is 0 Å². The van der Waals surface area contributed by atoms with E-state index in [-0.39, 0.29) is 24.0 Å². The number of anilines is 2. The van der Waals surface area contributed by atoms with Gasteiger partial charge in [0.25, 0.3) is 5.91 Å². The highest BCUT2D eigenvalue weighted by atomic mass is 19.1. The number of rotatable bonds is 4. The summed E-state index contributed by atoms with van der Waals surface area (Å²) in [5.74, 6) is -0.769. The highest BCUT2D eigenvalue weighted by molar-refractivity contribution is 6.14. The van der Waals surface area contributed by atoms with E-state index in [9.17, 15) is 14.0 Å². The summed E-state index contributed by atoms with van der Waals surface area (Å²) in [5, 5.41) is 0. The number of hydrogen-bond acceptors (Lipinski definition) is 2. The molecule has 0 aromatic heterocycles. The van der Waals surface area contributed by atoms with Crippen LogP contribution < -0.4 is 9.80 Å². The summed E-state index contributed by atoms with van der Waals surface area (Å²) >= 11 is 0. The molecule has 0 radical (unpaired) electrons. The average molecular weight is 416 g/mol. The molecule has 2 amide bonds. The Kier molecular flexibility index (Phi) is 5.59. The van der Waals surface area contributed by atoms with Gasteiger partial charge in [0.15, 0.2) is 0 Å². The van der Waals surface area contributed by atoms with Crippen LogP contribution in [0.25, 0.3) is 0 Å². The Bertz CT molecular complexity index is 1110. The minimum atomic E-state index is -0.871. The van der Waals surface area contributed by atoms with Gasteiger partial charge in [0, 0.05) is 5.69 Å². The minimum Gasteiger partial charge on any atom is -0.298 e. The second-order valence-corrected chi connectivity index (χ2v) is 8.20. The predicted octanol–water partition coefficient (Wildman–Crippen LogP) is 5.38. The minimum absolute atomic E-state index is 0.119. The molecule has 0 N–H and O–H groups in total. The zero-order valence-electron chi connectivity index (χ0n) is 17.9. The van der Waals surface area contributed by atoms with Crippen LogP contribution in [-0.2, 0) is 9.59 Å². The Morgan fingerprint density at radius 3 is 2.16 bits per heavy atom. The predicted molar refractivity (Wildman–Crippen MR) is 121 cm³/mol. The molecule has 0 bridgehead atoms. The van der Waals surface area contributed by atoms with E-state index in [4.69, 9.17) is 0 Å². The van der Waals surface area contributed by atoms with E-state index in [0.29, 0.717) is 17.2 Å².